The molecule has 0 spiro atoms. The highest BCUT2D eigenvalue weighted by Gasteiger charge is 2.07. The second-order valence-corrected chi connectivity index (χ2v) is 4.84. The Kier molecular flexibility index (Phi) is 6.19. The smallest absolute Gasteiger partial charge is 0.338 e. The Morgan fingerprint density at radius 3 is 2.29 bits per heavy atom. The summed E-state index contributed by atoms with van der Waals surface area (Å²) in [7, 11) is 0. The Bertz CT molecular complexity index is 698. The first-order valence-electron chi connectivity index (χ1n) is 7.70. The molecule has 0 aliphatic carbocycles. The van der Waals surface area contributed by atoms with Crippen LogP contribution in [0.5, 0.6) is 5.75 Å². The molecule has 0 heterocycles. The zero-order chi connectivity index (χ0) is 17.4. The topological polar surface area (TPSA) is 76.7 Å². The highest BCUT2D eigenvalue weighted by Crippen LogP contribution is 2.18. The van der Waals surface area contributed by atoms with Crippen molar-refractivity contribution >= 4 is 23.4 Å². The van der Waals surface area contributed by atoms with Crippen LogP contribution in [0.4, 0.5) is 16.2 Å². The van der Waals surface area contributed by atoms with Crippen molar-refractivity contribution in [3.63, 3.8) is 0 Å². The third-order valence-corrected chi connectivity index (χ3v) is 3.06. The van der Waals surface area contributed by atoms with Crippen molar-refractivity contribution in [3.8, 4) is 5.75 Å². The number of anilines is 2. The second-order valence-electron chi connectivity index (χ2n) is 4.84. The molecule has 0 aromatic heterocycles. The summed E-state index contributed by atoms with van der Waals surface area (Å²) in [5.41, 5.74) is 1.63. The molecular weight excluding hydrogens is 308 g/mol. The van der Waals surface area contributed by atoms with Crippen molar-refractivity contribution < 1.29 is 19.1 Å². The normalized spacial score (nSPS) is 9.92. The highest BCUT2D eigenvalue weighted by atomic mass is 16.5. The van der Waals surface area contributed by atoms with Crippen LogP contribution in [-0.2, 0) is 4.74 Å². The van der Waals surface area contributed by atoms with Crippen molar-refractivity contribution in [2.75, 3.05) is 23.8 Å². The number of nitrogens with one attached hydrogen (secondary N) is 2. The van der Waals surface area contributed by atoms with Crippen LogP contribution in [0.15, 0.2) is 48.5 Å². The van der Waals surface area contributed by atoms with E-state index in [0.29, 0.717) is 35.9 Å². The maximum Gasteiger partial charge on any atom is 0.338 e. The van der Waals surface area contributed by atoms with E-state index in [-0.39, 0.29) is 12.0 Å². The minimum Gasteiger partial charge on any atom is -0.494 e. The second kappa shape index (κ2) is 8.57. The third-order valence-electron chi connectivity index (χ3n) is 3.06. The summed E-state index contributed by atoms with van der Waals surface area (Å²) in [6, 6.07) is 13.2. The number of urea groups is 1. The van der Waals surface area contributed by atoms with E-state index in [1.54, 1.807) is 49.4 Å². The molecular formula is C18H20N2O4. The summed E-state index contributed by atoms with van der Waals surface area (Å²) in [4.78, 5) is 23.6. The maximum absolute atomic E-state index is 12.0. The number of hydrogen-bond donors (Lipinski definition) is 2. The van der Waals surface area contributed by atoms with Gasteiger partial charge in [-0.1, -0.05) is 6.07 Å². The Labute approximate surface area is 140 Å². The largest absolute Gasteiger partial charge is 0.494 e. The molecule has 2 amide bonds. The van der Waals surface area contributed by atoms with Crippen LogP contribution in [0.2, 0.25) is 0 Å². The monoisotopic (exact) mass is 328 g/mol. The molecule has 0 aliphatic heterocycles. The fourth-order valence-electron chi connectivity index (χ4n) is 2.03. The minimum absolute atomic E-state index is 0.321. The van der Waals surface area contributed by atoms with Gasteiger partial charge < -0.3 is 20.1 Å². The Hall–Kier alpha value is -3.02. The van der Waals surface area contributed by atoms with Gasteiger partial charge in [0.2, 0.25) is 0 Å². The van der Waals surface area contributed by atoms with Gasteiger partial charge in [0.15, 0.2) is 0 Å². The summed E-state index contributed by atoms with van der Waals surface area (Å²) in [5.74, 6) is 0.301. The van der Waals surface area contributed by atoms with E-state index < -0.39 is 0 Å². The fourth-order valence-corrected chi connectivity index (χ4v) is 2.03. The summed E-state index contributed by atoms with van der Waals surface area (Å²) in [6.45, 7) is 4.52. The first-order chi connectivity index (χ1) is 11.6. The predicted octanol–water partition coefficient (Wildman–Crippen LogP) is 3.91. The third kappa shape index (κ3) is 5.01. The molecule has 6 heteroatoms. The lowest BCUT2D eigenvalue weighted by Crippen LogP contribution is -2.19. The number of carbonyl (C=O) groups excluding carboxylic acids is 2. The SMILES string of the molecule is CCOC(=O)c1ccc(NC(=O)Nc2cccc(OCC)c2)cc1. The summed E-state index contributed by atoms with van der Waals surface area (Å²) < 4.78 is 10.3. The maximum atomic E-state index is 12.0. The Balaban J connectivity index is 1.94. The van der Waals surface area contributed by atoms with Gasteiger partial charge in [-0.25, -0.2) is 9.59 Å². The molecule has 2 N–H and O–H groups in total. The number of rotatable bonds is 6. The quantitative estimate of drug-likeness (QED) is 0.788. The van der Waals surface area contributed by atoms with Crippen LogP contribution >= 0.6 is 0 Å². The average molecular weight is 328 g/mol. The van der Waals surface area contributed by atoms with Gasteiger partial charge in [0.1, 0.15) is 5.75 Å². The zero-order valence-corrected chi connectivity index (χ0v) is 13.7. The number of esters is 1. The highest BCUT2D eigenvalue weighted by molar-refractivity contribution is 6.00. The molecule has 2 rings (SSSR count). The molecule has 0 fully saturated rings. The molecule has 0 saturated carbocycles. The molecule has 0 radical (unpaired) electrons. The summed E-state index contributed by atoms with van der Waals surface area (Å²) in [5, 5.41) is 5.42. The Morgan fingerprint density at radius 2 is 1.62 bits per heavy atom. The van der Waals surface area contributed by atoms with E-state index in [2.05, 4.69) is 10.6 Å². The lowest BCUT2D eigenvalue weighted by atomic mass is 10.2. The lowest BCUT2D eigenvalue weighted by molar-refractivity contribution is 0.0526. The number of amides is 2. The molecule has 6 nitrogen and oxygen atoms in total. The van der Waals surface area contributed by atoms with Gasteiger partial charge in [-0.2, -0.15) is 0 Å². The molecule has 126 valence electrons. The molecule has 0 atom stereocenters. The van der Waals surface area contributed by atoms with Gasteiger partial charge in [-0.3, -0.25) is 0 Å². The van der Waals surface area contributed by atoms with Gasteiger partial charge >= 0.3 is 12.0 Å². The van der Waals surface area contributed by atoms with Gasteiger partial charge in [0.05, 0.1) is 18.8 Å². The number of hydrogen-bond acceptors (Lipinski definition) is 4. The zero-order valence-electron chi connectivity index (χ0n) is 13.7. The van der Waals surface area contributed by atoms with Crippen LogP contribution in [0.1, 0.15) is 24.2 Å². The predicted molar refractivity (Wildman–Crippen MR) is 92.7 cm³/mol. The van der Waals surface area contributed by atoms with Crippen molar-refractivity contribution in [2.24, 2.45) is 0 Å². The van der Waals surface area contributed by atoms with Crippen LogP contribution in [-0.4, -0.2) is 25.2 Å². The molecule has 0 aliphatic rings. The van der Waals surface area contributed by atoms with Crippen molar-refractivity contribution in [2.45, 2.75) is 13.8 Å². The summed E-state index contributed by atoms with van der Waals surface area (Å²) in [6.07, 6.45) is 0. The van der Waals surface area contributed by atoms with E-state index in [9.17, 15) is 9.59 Å². The van der Waals surface area contributed by atoms with E-state index in [1.165, 1.54) is 0 Å². The number of carbonyl (C=O) groups is 2. The Morgan fingerprint density at radius 1 is 0.917 bits per heavy atom. The van der Waals surface area contributed by atoms with Crippen molar-refractivity contribution in [1.82, 2.24) is 0 Å². The fraction of sp³-hybridized carbons (Fsp3) is 0.222. The van der Waals surface area contributed by atoms with E-state index in [1.807, 2.05) is 13.0 Å². The number of benzene rings is 2. The van der Waals surface area contributed by atoms with E-state index in [4.69, 9.17) is 9.47 Å². The van der Waals surface area contributed by atoms with Crippen molar-refractivity contribution in [1.29, 1.82) is 0 Å². The van der Waals surface area contributed by atoms with Gasteiger partial charge in [-0.15, -0.1) is 0 Å². The van der Waals surface area contributed by atoms with Crippen molar-refractivity contribution in [3.05, 3.63) is 54.1 Å². The van der Waals surface area contributed by atoms with Crippen LogP contribution in [0.25, 0.3) is 0 Å². The standard InChI is InChI=1S/C18H20N2O4/c1-3-23-16-7-5-6-15(12-16)20-18(22)19-14-10-8-13(9-11-14)17(21)24-4-2/h5-12H,3-4H2,1-2H3,(H2,19,20,22). The lowest BCUT2D eigenvalue weighted by Gasteiger charge is -2.10. The molecule has 0 saturated heterocycles. The van der Waals surface area contributed by atoms with Crippen LogP contribution in [0.3, 0.4) is 0 Å². The molecule has 24 heavy (non-hydrogen) atoms. The molecule has 0 bridgehead atoms. The van der Waals surface area contributed by atoms with E-state index in [0.717, 1.165) is 0 Å². The average Bonchev–Trinajstić information content (AvgIpc) is 2.56. The molecule has 0 unspecified atom stereocenters. The van der Waals surface area contributed by atoms with Crippen LogP contribution < -0.4 is 15.4 Å². The first-order valence-corrected chi connectivity index (χ1v) is 7.70. The van der Waals surface area contributed by atoms with Gasteiger partial charge in [-0.05, 0) is 50.2 Å². The minimum atomic E-state index is -0.388. The van der Waals surface area contributed by atoms with E-state index >= 15 is 0 Å². The van der Waals surface area contributed by atoms with Gasteiger partial charge in [0, 0.05) is 17.4 Å². The molecule has 2 aromatic carbocycles. The summed E-state index contributed by atoms with van der Waals surface area (Å²) >= 11 is 0. The number of ether oxygens (including phenoxy) is 2. The first kappa shape index (κ1) is 17.3. The van der Waals surface area contributed by atoms with Crippen LogP contribution in [0, 0.1) is 0 Å². The molecule has 2 aromatic rings. The van der Waals surface area contributed by atoms with Gasteiger partial charge in [0.25, 0.3) is 0 Å².